The Morgan fingerprint density at radius 1 is 1.00 bits per heavy atom. The standard InChI is InChI=1S/C26H29F2N3O3/c27-20-4-1-16-3-6-22(32)31-15-18(23(20)24(16)31)14-30-9-7-19(8-10-30)29-13-17-2-5-21(28)26-25(17)33-11-12-34-26/h1-6,18-19,22,29,32H,7-15H2. The van der Waals surface area contributed by atoms with Crippen molar-refractivity contribution >= 4 is 11.8 Å². The first-order chi connectivity index (χ1) is 16.6. The lowest BCUT2D eigenvalue weighted by Gasteiger charge is -2.34. The van der Waals surface area contributed by atoms with E-state index in [4.69, 9.17) is 9.47 Å². The number of nitrogens with zero attached hydrogens (tertiary/aromatic N) is 2. The summed E-state index contributed by atoms with van der Waals surface area (Å²) >= 11 is 0. The van der Waals surface area contributed by atoms with Crippen LogP contribution in [0.3, 0.4) is 0 Å². The molecule has 2 unspecified atom stereocenters. The van der Waals surface area contributed by atoms with Gasteiger partial charge in [0.1, 0.15) is 25.3 Å². The molecule has 2 atom stereocenters. The molecule has 0 radical (unpaired) electrons. The van der Waals surface area contributed by atoms with Crippen molar-refractivity contribution in [3.05, 3.63) is 58.7 Å². The first kappa shape index (κ1) is 21.8. The number of halogens is 2. The summed E-state index contributed by atoms with van der Waals surface area (Å²) in [4.78, 5) is 4.32. The number of hydrogen-bond acceptors (Lipinski definition) is 6. The molecule has 34 heavy (non-hydrogen) atoms. The van der Waals surface area contributed by atoms with Crippen molar-refractivity contribution < 1.29 is 23.4 Å². The van der Waals surface area contributed by atoms with E-state index in [9.17, 15) is 13.9 Å². The average Bonchev–Trinajstić information content (AvgIpc) is 3.25. The second-order valence-corrected chi connectivity index (χ2v) is 9.54. The van der Waals surface area contributed by atoms with Gasteiger partial charge < -0.3 is 29.7 Å². The van der Waals surface area contributed by atoms with Crippen LogP contribution in [0.15, 0.2) is 30.3 Å². The van der Waals surface area contributed by atoms with E-state index >= 15 is 0 Å². The maximum Gasteiger partial charge on any atom is 0.197 e. The second-order valence-electron chi connectivity index (χ2n) is 9.54. The quantitative estimate of drug-likeness (QED) is 0.702. The van der Waals surface area contributed by atoms with Crippen LogP contribution in [0.25, 0.3) is 6.08 Å². The Kier molecular flexibility index (Phi) is 5.67. The van der Waals surface area contributed by atoms with Crippen LogP contribution in [-0.4, -0.2) is 61.7 Å². The summed E-state index contributed by atoms with van der Waals surface area (Å²) in [5.41, 5.74) is 3.48. The molecule has 180 valence electrons. The molecule has 0 spiro atoms. The van der Waals surface area contributed by atoms with Crippen LogP contribution in [0.1, 0.15) is 35.4 Å². The van der Waals surface area contributed by atoms with Crippen LogP contribution in [0, 0.1) is 11.6 Å². The predicted molar refractivity (Wildman–Crippen MR) is 125 cm³/mol. The van der Waals surface area contributed by atoms with Crippen molar-refractivity contribution in [3.63, 3.8) is 0 Å². The second kappa shape index (κ2) is 8.83. The number of aliphatic hydroxyl groups is 1. The van der Waals surface area contributed by atoms with Crippen molar-refractivity contribution in [1.82, 2.24) is 10.2 Å². The van der Waals surface area contributed by atoms with Gasteiger partial charge in [-0.25, -0.2) is 8.78 Å². The minimum atomic E-state index is -0.695. The summed E-state index contributed by atoms with van der Waals surface area (Å²) < 4.78 is 39.9. The van der Waals surface area contributed by atoms with Gasteiger partial charge in [-0.05, 0) is 55.8 Å². The van der Waals surface area contributed by atoms with Gasteiger partial charge in [0.05, 0.1) is 5.69 Å². The summed E-state index contributed by atoms with van der Waals surface area (Å²) in [5, 5.41) is 14.0. The molecule has 0 bridgehead atoms. The Labute approximate surface area is 197 Å². The van der Waals surface area contributed by atoms with Crippen molar-refractivity contribution in [3.8, 4) is 11.5 Å². The van der Waals surface area contributed by atoms with Gasteiger partial charge in [0.15, 0.2) is 17.3 Å². The van der Waals surface area contributed by atoms with Gasteiger partial charge in [0.2, 0.25) is 0 Å². The lowest BCUT2D eigenvalue weighted by atomic mass is 9.95. The van der Waals surface area contributed by atoms with Crippen molar-refractivity contribution in [2.45, 2.75) is 37.6 Å². The van der Waals surface area contributed by atoms with Gasteiger partial charge in [0.25, 0.3) is 0 Å². The Morgan fingerprint density at radius 3 is 2.59 bits per heavy atom. The molecule has 2 aromatic rings. The minimum Gasteiger partial charge on any atom is -0.486 e. The molecule has 0 amide bonds. The molecular formula is C26H29F2N3O3. The van der Waals surface area contributed by atoms with E-state index in [-0.39, 0.29) is 23.3 Å². The summed E-state index contributed by atoms with van der Waals surface area (Å²) in [6, 6.07) is 6.88. The largest absolute Gasteiger partial charge is 0.486 e. The molecule has 1 saturated heterocycles. The molecule has 1 fully saturated rings. The third-order valence-electron chi connectivity index (χ3n) is 7.44. The van der Waals surface area contributed by atoms with Crippen molar-refractivity contribution in [1.29, 1.82) is 0 Å². The molecule has 2 N–H and O–H groups in total. The van der Waals surface area contributed by atoms with Gasteiger partial charge >= 0.3 is 0 Å². The third kappa shape index (κ3) is 3.83. The number of aliphatic hydroxyl groups excluding tert-OH is 1. The highest BCUT2D eigenvalue weighted by molar-refractivity contribution is 5.78. The molecule has 0 aromatic heterocycles. The van der Waals surface area contributed by atoms with Crippen molar-refractivity contribution in [2.24, 2.45) is 0 Å². The maximum absolute atomic E-state index is 14.8. The zero-order valence-corrected chi connectivity index (χ0v) is 19.0. The molecule has 2 aromatic carbocycles. The summed E-state index contributed by atoms with van der Waals surface area (Å²) in [6.45, 7) is 4.65. The summed E-state index contributed by atoms with van der Waals surface area (Å²) in [5.74, 6) is 0.194. The normalized spacial score (nSPS) is 23.9. The smallest absolute Gasteiger partial charge is 0.197 e. The number of hydrogen-bond donors (Lipinski definition) is 2. The first-order valence-electron chi connectivity index (χ1n) is 12.1. The van der Waals surface area contributed by atoms with Gasteiger partial charge in [-0.2, -0.15) is 0 Å². The monoisotopic (exact) mass is 469 g/mol. The first-order valence-corrected chi connectivity index (χ1v) is 12.1. The maximum atomic E-state index is 14.8. The fourth-order valence-corrected chi connectivity index (χ4v) is 5.73. The molecule has 4 aliphatic heterocycles. The topological polar surface area (TPSA) is 57.2 Å². The van der Waals surface area contributed by atoms with E-state index in [2.05, 4.69) is 10.2 Å². The zero-order chi connectivity index (χ0) is 23.2. The molecular weight excluding hydrogens is 440 g/mol. The van der Waals surface area contributed by atoms with Gasteiger partial charge in [-0.15, -0.1) is 0 Å². The lowest BCUT2D eigenvalue weighted by molar-refractivity contribution is 0.161. The number of anilines is 1. The molecule has 0 saturated carbocycles. The predicted octanol–water partition coefficient (Wildman–Crippen LogP) is 3.24. The summed E-state index contributed by atoms with van der Waals surface area (Å²) in [6.07, 6.45) is 4.92. The molecule has 4 aliphatic rings. The van der Waals surface area contributed by atoms with Crippen LogP contribution < -0.4 is 19.7 Å². The van der Waals surface area contributed by atoms with Gasteiger partial charge in [0, 0.05) is 42.7 Å². The number of rotatable bonds is 5. The van der Waals surface area contributed by atoms with Crippen LogP contribution >= 0.6 is 0 Å². The average molecular weight is 470 g/mol. The zero-order valence-electron chi connectivity index (χ0n) is 19.0. The highest BCUT2D eigenvalue weighted by Gasteiger charge is 2.38. The Balaban J connectivity index is 1.06. The highest BCUT2D eigenvalue weighted by atomic mass is 19.1. The van der Waals surface area contributed by atoms with Crippen LogP contribution in [0.2, 0.25) is 0 Å². The Morgan fingerprint density at radius 2 is 1.76 bits per heavy atom. The molecule has 6 nitrogen and oxygen atoms in total. The van der Waals surface area contributed by atoms with Crippen LogP contribution in [0.5, 0.6) is 11.5 Å². The fourth-order valence-electron chi connectivity index (χ4n) is 5.73. The number of fused-ring (bicyclic) bond motifs is 1. The SMILES string of the molecule is OC1C=Cc2ccc(F)c3c2N1CC3CN1CCC(NCc2ccc(F)c3c2OCCO3)CC1. The van der Waals surface area contributed by atoms with Crippen LogP contribution in [-0.2, 0) is 6.54 Å². The lowest BCUT2D eigenvalue weighted by Crippen LogP contribution is -2.44. The Bertz CT molecular complexity index is 1120. The molecule has 8 heteroatoms. The molecule has 0 aliphatic carbocycles. The van der Waals surface area contributed by atoms with Crippen molar-refractivity contribution in [2.75, 3.05) is 44.3 Å². The van der Waals surface area contributed by atoms with E-state index in [1.807, 2.05) is 11.0 Å². The molecule has 6 rings (SSSR count). The van der Waals surface area contributed by atoms with E-state index < -0.39 is 6.23 Å². The summed E-state index contributed by atoms with van der Waals surface area (Å²) in [7, 11) is 0. The van der Waals surface area contributed by atoms with Gasteiger partial charge in [-0.3, -0.25) is 0 Å². The number of nitrogens with one attached hydrogen (secondary N) is 1. The highest BCUT2D eigenvalue weighted by Crippen LogP contribution is 2.44. The van der Waals surface area contributed by atoms with Crippen LogP contribution in [0.4, 0.5) is 14.5 Å². The number of likely N-dealkylation sites (tertiary alicyclic amines) is 1. The number of piperidine rings is 1. The Hall–Kier alpha value is -2.68. The fraction of sp³-hybridized carbons (Fsp3) is 0.462. The minimum absolute atomic E-state index is 0.0388. The van der Waals surface area contributed by atoms with Gasteiger partial charge in [-0.1, -0.05) is 12.1 Å². The number of ether oxygens (including phenoxy) is 2. The van der Waals surface area contributed by atoms with E-state index in [1.54, 1.807) is 24.3 Å². The third-order valence-corrected chi connectivity index (χ3v) is 7.44. The van der Waals surface area contributed by atoms with E-state index in [1.165, 1.54) is 6.07 Å². The van der Waals surface area contributed by atoms with E-state index in [0.717, 1.165) is 54.9 Å². The van der Waals surface area contributed by atoms with E-state index in [0.29, 0.717) is 38.1 Å². The number of benzene rings is 2. The molecule has 4 heterocycles.